The molecule has 1 aliphatic heterocycles. The predicted molar refractivity (Wildman–Crippen MR) is 127 cm³/mol. The van der Waals surface area contributed by atoms with Crippen molar-refractivity contribution in [2.45, 2.75) is 57.8 Å². The Hall–Kier alpha value is -2.33. The third-order valence-corrected chi connectivity index (χ3v) is 7.03. The number of aryl methyl sites for hydroxylation is 1. The molecule has 166 valence electrons. The van der Waals surface area contributed by atoms with E-state index in [1.165, 1.54) is 31.5 Å². The lowest BCUT2D eigenvalue weighted by Gasteiger charge is -2.30. The van der Waals surface area contributed by atoms with E-state index in [1.54, 1.807) is 0 Å². The highest BCUT2D eigenvalue weighted by molar-refractivity contribution is 5.99. The molecule has 4 nitrogen and oxygen atoms in total. The van der Waals surface area contributed by atoms with Gasteiger partial charge in [0, 0.05) is 18.8 Å². The molecular weight excluding hydrogens is 384 g/mol. The van der Waals surface area contributed by atoms with E-state index in [9.17, 15) is 4.79 Å². The molecule has 1 N–H and O–H groups in total. The molecule has 1 heterocycles. The van der Waals surface area contributed by atoms with E-state index in [0.29, 0.717) is 6.61 Å². The quantitative estimate of drug-likeness (QED) is 0.638. The highest BCUT2D eigenvalue weighted by Crippen LogP contribution is 2.42. The van der Waals surface area contributed by atoms with Gasteiger partial charge in [-0.3, -0.25) is 9.69 Å². The van der Waals surface area contributed by atoms with Crippen molar-refractivity contribution in [3.05, 3.63) is 59.7 Å². The lowest BCUT2D eigenvalue weighted by Crippen LogP contribution is -2.38. The maximum atomic E-state index is 13.3. The fourth-order valence-electron chi connectivity index (χ4n) is 5.17. The average Bonchev–Trinajstić information content (AvgIpc) is 3.27. The average molecular weight is 421 g/mol. The lowest BCUT2D eigenvalue weighted by molar-refractivity contribution is -0.121. The molecule has 1 saturated heterocycles. The van der Waals surface area contributed by atoms with Gasteiger partial charge in [-0.1, -0.05) is 49.6 Å². The number of amides is 1. The van der Waals surface area contributed by atoms with E-state index < -0.39 is 5.41 Å². The number of nitrogens with one attached hydrogen (secondary N) is 1. The van der Waals surface area contributed by atoms with Crippen molar-refractivity contribution >= 4 is 11.6 Å². The van der Waals surface area contributed by atoms with Gasteiger partial charge in [0.2, 0.25) is 5.91 Å². The van der Waals surface area contributed by atoms with Crippen LogP contribution in [0.2, 0.25) is 0 Å². The van der Waals surface area contributed by atoms with Gasteiger partial charge in [0.25, 0.3) is 0 Å². The van der Waals surface area contributed by atoms with Crippen LogP contribution in [0.15, 0.2) is 48.5 Å². The van der Waals surface area contributed by atoms with Crippen LogP contribution in [0.4, 0.5) is 5.69 Å². The number of ether oxygens (including phenoxy) is 1. The first-order valence-corrected chi connectivity index (χ1v) is 11.9. The highest BCUT2D eigenvalue weighted by Gasteiger charge is 2.42. The fourth-order valence-corrected chi connectivity index (χ4v) is 5.17. The van der Waals surface area contributed by atoms with Gasteiger partial charge in [-0.15, -0.1) is 0 Å². The smallest absolute Gasteiger partial charge is 0.235 e. The molecule has 2 fully saturated rings. The number of carbonyl (C=O) groups excluding carboxylic acids is 1. The number of carbonyl (C=O) groups is 1. The van der Waals surface area contributed by atoms with Gasteiger partial charge in [0.15, 0.2) is 0 Å². The Kier molecular flexibility index (Phi) is 6.96. The van der Waals surface area contributed by atoms with Crippen molar-refractivity contribution in [2.24, 2.45) is 5.92 Å². The fraction of sp³-hybridized carbons (Fsp3) is 0.519. The molecule has 2 aromatic rings. The minimum atomic E-state index is -0.408. The highest BCUT2D eigenvalue weighted by atomic mass is 16.5. The summed E-state index contributed by atoms with van der Waals surface area (Å²) in [6.45, 7) is 8.45. The molecular formula is C27H36N2O2. The minimum absolute atomic E-state index is 0.113. The molecule has 31 heavy (non-hydrogen) atoms. The summed E-state index contributed by atoms with van der Waals surface area (Å²) in [6, 6.07) is 16.3. The summed E-state index contributed by atoms with van der Waals surface area (Å²) in [4.78, 5) is 15.8. The zero-order valence-corrected chi connectivity index (χ0v) is 19.0. The van der Waals surface area contributed by atoms with Crippen LogP contribution in [-0.4, -0.2) is 37.0 Å². The van der Waals surface area contributed by atoms with E-state index in [4.69, 9.17) is 4.74 Å². The SMILES string of the molecule is Cc1ccc(C2(C(=O)Nc3ccc(OCCN4CCC[C@@H](C)C4)cc3)CCCC2)cc1. The van der Waals surface area contributed by atoms with Gasteiger partial charge >= 0.3 is 0 Å². The van der Waals surface area contributed by atoms with Crippen LogP contribution < -0.4 is 10.1 Å². The first-order valence-electron chi connectivity index (χ1n) is 11.9. The molecule has 0 unspecified atom stereocenters. The van der Waals surface area contributed by atoms with E-state index in [-0.39, 0.29) is 5.91 Å². The van der Waals surface area contributed by atoms with Gasteiger partial charge in [-0.05, 0) is 74.9 Å². The van der Waals surface area contributed by atoms with Gasteiger partial charge < -0.3 is 10.1 Å². The van der Waals surface area contributed by atoms with Crippen molar-refractivity contribution in [3.8, 4) is 5.75 Å². The Morgan fingerprint density at radius 2 is 1.77 bits per heavy atom. The van der Waals surface area contributed by atoms with Crippen LogP contribution in [0.5, 0.6) is 5.75 Å². The number of anilines is 1. The number of nitrogens with zero attached hydrogens (tertiary/aromatic N) is 1. The van der Waals surface area contributed by atoms with Crippen molar-refractivity contribution < 1.29 is 9.53 Å². The Morgan fingerprint density at radius 3 is 2.45 bits per heavy atom. The minimum Gasteiger partial charge on any atom is -0.492 e. The molecule has 2 aliphatic rings. The Balaban J connectivity index is 1.33. The van der Waals surface area contributed by atoms with Gasteiger partial charge in [0.05, 0.1) is 5.41 Å². The second kappa shape index (κ2) is 9.86. The zero-order chi connectivity index (χ0) is 21.7. The van der Waals surface area contributed by atoms with Crippen molar-refractivity contribution in [2.75, 3.05) is 31.6 Å². The molecule has 1 aliphatic carbocycles. The van der Waals surface area contributed by atoms with Crippen molar-refractivity contribution in [3.63, 3.8) is 0 Å². The number of piperidine rings is 1. The van der Waals surface area contributed by atoms with E-state index in [2.05, 4.69) is 48.3 Å². The second-order valence-corrected chi connectivity index (χ2v) is 9.53. The molecule has 1 saturated carbocycles. The van der Waals surface area contributed by atoms with Crippen molar-refractivity contribution in [1.82, 2.24) is 4.90 Å². The van der Waals surface area contributed by atoms with Gasteiger partial charge in [0.1, 0.15) is 12.4 Å². The first kappa shape index (κ1) is 21.9. The van der Waals surface area contributed by atoms with Gasteiger partial charge in [-0.25, -0.2) is 0 Å². The standard InChI is InChI=1S/C27H36N2O2/c1-21-7-9-23(10-8-21)27(15-3-4-16-27)26(30)28-24-11-13-25(14-12-24)31-19-18-29-17-5-6-22(2)20-29/h7-14,22H,3-6,15-20H2,1-2H3,(H,28,30)/t22-/m1/s1. The van der Waals surface area contributed by atoms with Crippen LogP contribution in [0.1, 0.15) is 56.6 Å². The number of rotatable bonds is 7. The Labute approximate surface area is 187 Å². The lowest BCUT2D eigenvalue weighted by atomic mass is 9.77. The van der Waals surface area contributed by atoms with E-state index >= 15 is 0 Å². The summed E-state index contributed by atoms with van der Waals surface area (Å²) in [5, 5.41) is 3.17. The molecule has 0 aromatic heterocycles. The Bertz CT molecular complexity index is 854. The predicted octanol–water partition coefficient (Wildman–Crippen LogP) is 5.56. The summed E-state index contributed by atoms with van der Waals surface area (Å²) in [5.74, 6) is 1.76. The van der Waals surface area contributed by atoms with Crippen LogP contribution in [0.25, 0.3) is 0 Å². The molecule has 0 bridgehead atoms. The zero-order valence-electron chi connectivity index (χ0n) is 19.0. The second-order valence-electron chi connectivity index (χ2n) is 9.53. The number of benzene rings is 2. The maximum Gasteiger partial charge on any atom is 0.235 e. The molecule has 4 heteroatoms. The normalized spacial score (nSPS) is 21.0. The number of hydrogen-bond donors (Lipinski definition) is 1. The molecule has 2 aromatic carbocycles. The summed E-state index contributed by atoms with van der Waals surface area (Å²) >= 11 is 0. The summed E-state index contributed by atoms with van der Waals surface area (Å²) < 4.78 is 5.95. The van der Waals surface area contributed by atoms with Crippen molar-refractivity contribution in [1.29, 1.82) is 0 Å². The molecule has 4 rings (SSSR count). The molecule has 0 spiro atoms. The van der Waals surface area contributed by atoms with Crippen LogP contribution >= 0.6 is 0 Å². The number of hydrogen-bond acceptors (Lipinski definition) is 3. The summed E-state index contributed by atoms with van der Waals surface area (Å²) in [7, 11) is 0. The largest absolute Gasteiger partial charge is 0.492 e. The van der Waals surface area contributed by atoms with Gasteiger partial charge in [-0.2, -0.15) is 0 Å². The van der Waals surface area contributed by atoms with Crippen LogP contribution in [0.3, 0.4) is 0 Å². The maximum absolute atomic E-state index is 13.3. The number of likely N-dealkylation sites (tertiary alicyclic amines) is 1. The van der Waals surface area contributed by atoms with Crippen LogP contribution in [0, 0.1) is 12.8 Å². The van der Waals surface area contributed by atoms with E-state index in [1.807, 2.05) is 24.3 Å². The first-order chi connectivity index (χ1) is 15.0. The molecule has 0 radical (unpaired) electrons. The third kappa shape index (κ3) is 5.30. The topological polar surface area (TPSA) is 41.6 Å². The summed E-state index contributed by atoms with van der Waals surface area (Å²) in [6.07, 6.45) is 6.67. The van der Waals surface area contributed by atoms with Crippen LogP contribution in [-0.2, 0) is 10.2 Å². The molecule has 1 atom stereocenters. The summed E-state index contributed by atoms with van der Waals surface area (Å²) in [5.41, 5.74) is 2.79. The monoisotopic (exact) mass is 420 g/mol. The van der Waals surface area contributed by atoms with E-state index in [0.717, 1.165) is 55.1 Å². The third-order valence-electron chi connectivity index (χ3n) is 7.03. The molecule has 1 amide bonds. The Morgan fingerprint density at radius 1 is 1.06 bits per heavy atom.